The van der Waals surface area contributed by atoms with Crippen molar-refractivity contribution < 1.29 is 4.79 Å². The van der Waals surface area contributed by atoms with Crippen LogP contribution in [0.25, 0.3) is 5.70 Å². The molecule has 0 aliphatic carbocycles. The lowest BCUT2D eigenvalue weighted by atomic mass is 10.0. The average molecular weight is 301 g/mol. The van der Waals surface area contributed by atoms with Gasteiger partial charge in [-0.3, -0.25) is 15.6 Å². The van der Waals surface area contributed by atoms with E-state index in [9.17, 15) is 4.79 Å². The number of carbonyl (C=O) groups excluding carboxylic acids is 1. The summed E-state index contributed by atoms with van der Waals surface area (Å²) in [5.41, 5.74) is 9.88. The normalized spacial score (nSPS) is 10.0. The molecule has 1 amide bonds. The molecule has 2 rings (SSSR count). The lowest BCUT2D eigenvalue weighted by Crippen LogP contribution is -2.35. The molecule has 0 saturated carbocycles. The smallest absolute Gasteiger partial charge is 0.269 e. The van der Waals surface area contributed by atoms with E-state index in [1.165, 1.54) is 0 Å². The molecular formula is C17H17ClN2O. The monoisotopic (exact) mass is 300 g/mol. The highest BCUT2D eigenvalue weighted by Gasteiger charge is 2.07. The number of hydrogen-bond donors (Lipinski definition) is 2. The summed E-state index contributed by atoms with van der Waals surface area (Å²) in [5, 5.41) is 0.597. The Kier molecular flexibility index (Phi) is 4.66. The quantitative estimate of drug-likeness (QED) is 0.842. The van der Waals surface area contributed by atoms with Gasteiger partial charge in [0, 0.05) is 16.1 Å². The van der Waals surface area contributed by atoms with Gasteiger partial charge in [-0.15, -0.1) is 0 Å². The fraction of sp³-hybridized carbons (Fsp3) is 0.118. The zero-order valence-electron chi connectivity index (χ0n) is 12.0. The molecule has 0 aromatic heterocycles. The maximum atomic E-state index is 12.0. The number of halogens is 1. The third-order valence-corrected chi connectivity index (χ3v) is 3.40. The van der Waals surface area contributed by atoms with Gasteiger partial charge in [0.15, 0.2) is 0 Å². The van der Waals surface area contributed by atoms with Gasteiger partial charge in [-0.05, 0) is 49.7 Å². The maximum absolute atomic E-state index is 12.0. The van der Waals surface area contributed by atoms with Gasteiger partial charge in [0.25, 0.3) is 5.91 Å². The summed E-state index contributed by atoms with van der Waals surface area (Å²) >= 11 is 5.79. The Labute approximate surface area is 129 Å². The van der Waals surface area contributed by atoms with Crippen molar-refractivity contribution in [1.29, 1.82) is 0 Å². The molecule has 0 aliphatic rings. The second-order valence-corrected chi connectivity index (χ2v) is 5.32. The molecule has 0 saturated heterocycles. The first-order chi connectivity index (χ1) is 9.97. The number of nitrogens with one attached hydrogen (secondary N) is 2. The molecule has 0 spiro atoms. The summed E-state index contributed by atoms with van der Waals surface area (Å²) in [6.07, 6.45) is 0. The third-order valence-electron chi connectivity index (χ3n) is 3.15. The lowest BCUT2D eigenvalue weighted by Gasteiger charge is -2.14. The van der Waals surface area contributed by atoms with Crippen LogP contribution in [0, 0.1) is 13.8 Å². The van der Waals surface area contributed by atoms with Crippen LogP contribution in [0.5, 0.6) is 0 Å². The van der Waals surface area contributed by atoms with Crippen molar-refractivity contribution in [2.45, 2.75) is 13.8 Å². The second-order valence-electron chi connectivity index (χ2n) is 4.88. The van der Waals surface area contributed by atoms with Crippen LogP contribution in [-0.2, 0) is 0 Å². The average Bonchev–Trinajstić information content (AvgIpc) is 2.47. The Morgan fingerprint density at radius 2 is 1.71 bits per heavy atom. The molecule has 0 radical (unpaired) electrons. The van der Waals surface area contributed by atoms with Crippen LogP contribution in [0.4, 0.5) is 0 Å². The van der Waals surface area contributed by atoms with Gasteiger partial charge < -0.3 is 0 Å². The minimum Gasteiger partial charge on any atom is -0.298 e. The summed E-state index contributed by atoms with van der Waals surface area (Å²) in [6, 6.07) is 12.8. The Morgan fingerprint density at radius 1 is 1.05 bits per heavy atom. The first-order valence-corrected chi connectivity index (χ1v) is 6.93. The summed E-state index contributed by atoms with van der Waals surface area (Å²) < 4.78 is 0. The number of hydrazine groups is 1. The van der Waals surface area contributed by atoms with Crippen LogP contribution in [0.3, 0.4) is 0 Å². The lowest BCUT2D eigenvalue weighted by molar-refractivity contribution is 0.0942. The topological polar surface area (TPSA) is 41.1 Å². The molecular weight excluding hydrogens is 284 g/mol. The minimum absolute atomic E-state index is 0.238. The van der Waals surface area contributed by atoms with E-state index in [1.54, 1.807) is 24.3 Å². The molecule has 0 bridgehead atoms. The number of carbonyl (C=O) groups is 1. The molecule has 0 atom stereocenters. The molecule has 0 fully saturated rings. The molecule has 2 aromatic rings. The number of aryl methyl sites for hydroxylation is 2. The predicted octanol–water partition coefficient (Wildman–Crippen LogP) is 3.86. The highest BCUT2D eigenvalue weighted by molar-refractivity contribution is 6.30. The number of rotatable bonds is 4. The molecule has 108 valence electrons. The van der Waals surface area contributed by atoms with E-state index in [-0.39, 0.29) is 5.91 Å². The Balaban J connectivity index is 2.02. The summed E-state index contributed by atoms with van der Waals surface area (Å²) in [6.45, 7) is 7.98. The van der Waals surface area contributed by atoms with Crippen molar-refractivity contribution in [3.8, 4) is 0 Å². The van der Waals surface area contributed by atoms with E-state index in [0.29, 0.717) is 16.3 Å². The van der Waals surface area contributed by atoms with Gasteiger partial charge in [0.2, 0.25) is 0 Å². The molecule has 2 aromatic carbocycles. The van der Waals surface area contributed by atoms with E-state index in [1.807, 2.05) is 32.0 Å². The summed E-state index contributed by atoms with van der Waals surface area (Å²) in [7, 11) is 0. The van der Waals surface area contributed by atoms with E-state index in [2.05, 4.69) is 17.4 Å². The van der Waals surface area contributed by atoms with E-state index >= 15 is 0 Å². The van der Waals surface area contributed by atoms with Gasteiger partial charge >= 0.3 is 0 Å². The van der Waals surface area contributed by atoms with E-state index in [0.717, 1.165) is 16.7 Å². The van der Waals surface area contributed by atoms with Crippen molar-refractivity contribution in [1.82, 2.24) is 10.9 Å². The molecule has 2 N–H and O–H groups in total. The standard InChI is InChI=1S/C17H17ClN2O/c1-11-4-5-12(2)16(10-11)13(3)19-20-17(21)14-6-8-15(18)9-7-14/h4-10,19H,3H2,1-2H3,(H,20,21). The number of benzene rings is 2. The van der Waals surface area contributed by atoms with Gasteiger partial charge in [-0.1, -0.05) is 35.9 Å². The molecule has 4 heteroatoms. The SMILES string of the molecule is C=C(NNC(=O)c1ccc(Cl)cc1)c1cc(C)ccc1C. The molecule has 0 unspecified atom stereocenters. The predicted molar refractivity (Wildman–Crippen MR) is 87.0 cm³/mol. The Bertz CT molecular complexity index is 678. The van der Waals surface area contributed by atoms with Crippen LogP contribution >= 0.6 is 11.6 Å². The van der Waals surface area contributed by atoms with Gasteiger partial charge in [-0.25, -0.2) is 0 Å². The van der Waals surface area contributed by atoms with Crippen LogP contribution in [0.15, 0.2) is 49.0 Å². The first kappa shape index (κ1) is 15.1. The summed E-state index contributed by atoms with van der Waals surface area (Å²) in [4.78, 5) is 12.0. The van der Waals surface area contributed by atoms with Crippen molar-refractivity contribution in [2.24, 2.45) is 0 Å². The highest BCUT2D eigenvalue weighted by Crippen LogP contribution is 2.16. The van der Waals surface area contributed by atoms with Crippen LogP contribution in [-0.4, -0.2) is 5.91 Å². The Hall–Kier alpha value is -2.26. The van der Waals surface area contributed by atoms with E-state index < -0.39 is 0 Å². The minimum atomic E-state index is -0.238. The largest absolute Gasteiger partial charge is 0.298 e. The maximum Gasteiger partial charge on any atom is 0.269 e. The zero-order chi connectivity index (χ0) is 15.4. The Morgan fingerprint density at radius 3 is 2.38 bits per heavy atom. The van der Waals surface area contributed by atoms with Crippen LogP contribution < -0.4 is 10.9 Å². The van der Waals surface area contributed by atoms with Gasteiger partial charge in [0.05, 0.1) is 5.70 Å². The van der Waals surface area contributed by atoms with Gasteiger partial charge in [0.1, 0.15) is 0 Å². The van der Waals surface area contributed by atoms with Crippen molar-refractivity contribution in [2.75, 3.05) is 0 Å². The molecule has 0 aliphatic heterocycles. The summed E-state index contributed by atoms with van der Waals surface area (Å²) in [5.74, 6) is -0.238. The van der Waals surface area contributed by atoms with Crippen LogP contribution in [0.2, 0.25) is 5.02 Å². The van der Waals surface area contributed by atoms with Crippen molar-refractivity contribution in [3.63, 3.8) is 0 Å². The van der Waals surface area contributed by atoms with Gasteiger partial charge in [-0.2, -0.15) is 0 Å². The third kappa shape index (κ3) is 3.86. The first-order valence-electron chi connectivity index (χ1n) is 6.56. The van der Waals surface area contributed by atoms with Crippen molar-refractivity contribution in [3.05, 3.63) is 76.3 Å². The van der Waals surface area contributed by atoms with Crippen LogP contribution in [0.1, 0.15) is 27.0 Å². The number of hydrogen-bond acceptors (Lipinski definition) is 2. The van der Waals surface area contributed by atoms with Crippen molar-refractivity contribution >= 4 is 23.2 Å². The second kappa shape index (κ2) is 6.46. The zero-order valence-corrected chi connectivity index (χ0v) is 12.8. The molecule has 0 heterocycles. The molecule has 3 nitrogen and oxygen atoms in total. The van der Waals surface area contributed by atoms with E-state index in [4.69, 9.17) is 11.6 Å². The fourth-order valence-corrected chi connectivity index (χ4v) is 2.06. The number of amides is 1. The molecule has 21 heavy (non-hydrogen) atoms. The highest BCUT2D eigenvalue weighted by atomic mass is 35.5. The fourth-order valence-electron chi connectivity index (χ4n) is 1.93.